The molecule has 0 spiro atoms. The van der Waals surface area contributed by atoms with E-state index in [4.69, 9.17) is 9.15 Å². The highest BCUT2D eigenvalue weighted by atomic mass is 32.2. The lowest BCUT2D eigenvalue weighted by Gasteiger charge is -2.33. The van der Waals surface area contributed by atoms with Gasteiger partial charge in [-0.3, -0.25) is 4.79 Å². The molecule has 0 aliphatic carbocycles. The minimum Gasteiger partial charge on any atom is -0.497 e. The molecule has 9 nitrogen and oxygen atoms in total. The lowest BCUT2D eigenvalue weighted by atomic mass is 10.2. The van der Waals surface area contributed by atoms with Crippen LogP contribution in [0.25, 0.3) is 33.9 Å². The molecule has 0 saturated carbocycles. The van der Waals surface area contributed by atoms with Gasteiger partial charge in [0.1, 0.15) is 11.6 Å². The molecule has 0 atom stereocenters. The number of hydrogen-bond donors (Lipinski definition) is 1. The number of carbonyl (C=O) groups excluding carboxylic acids is 1. The number of piperazine rings is 1. The molecule has 1 aliphatic heterocycles. The van der Waals surface area contributed by atoms with Gasteiger partial charge in [0.05, 0.1) is 23.9 Å². The molecule has 1 N–H and O–H groups in total. The third-order valence-corrected chi connectivity index (χ3v) is 6.79. The average Bonchev–Trinajstić information content (AvgIpc) is 3.54. The number of aromatic nitrogens is 4. The van der Waals surface area contributed by atoms with Crippen molar-refractivity contribution in [3.8, 4) is 28.6 Å². The fraction of sp³-hybridized carbons (Fsp3) is 0.333. The number of aromatic amines is 1. The Labute approximate surface area is 201 Å². The molecule has 0 radical (unpaired) electrons. The Bertz CT molecular complexity index is 1280. The number of methoxy groups -OCH3 is 1. The Balaban J connectivity index is 1.24. The number of amides is 1. The topological polar surface area (TPSA) is 100 Å². The second-order valence-electron chi connectivity index (χ2n) is 8.02. The summed E-state index contributed by atoms with van der Waals surface area (Å²) in [6.45, 7) is 6.55. The molecule has 0 unspecified atom stereocenters. The number of nitrogens with one attached hydrogen (secondary N) is 1. The Morgan fingerprint density at radius 2 is 1.85 bits per heavy atom. The summed E-state index contributed by atoms with van der Waals surface area (Å²) in [5, 5.41) is 8.67. The summed E-state index contributed by atoms with van der Waals surface area (Å²) in [7, 11) is 1.64. The molecule has 1 fully saturated rings. The van der Waals surface area contributed by atoms with Crippen molar-refractivity contribution in [3.63, 3.8) is 0 Å². The molecular formula is C24H26N6O3S. The maximum atomic E-state index is 12.5. The van der Waals surface area contributed by atoms with Crippen LogP contribution in [0.2, 0.25) is 0 Å². The van der Waals surface area contributed by atoms with Crippen molar-refractivity contribution in [1.29, 1.82) is 0 Å². The van der Waals surface area contributed by atoms with E-state index in [1.165, 1.54) is 11.8 Å². The second-order valence-corrected chi connectivity index (χ2v) is 8.95. The average molecular weight is 479 g/mol. The van der Waals surface area contributed by atoms with Gasteiger partial charge in [0.2, 0.25) is 11.8 Å². The van der Waals surface area contributed by atoms with Crippen LogP contribution in [0.5, 0.6) is 5.75 Å². The van der Waals surface area contributed by atoms with Crippen molar-refractivity contribution in [2.75, 3.05) is 45.6 Å². The van der Waals surface area contributed by atoms with Crippen LogP contribution in [0.4, 0.5) is 0 Å². The van der Waals surface area contributed by atoms with E-state index in [0.29, 0.717) is 16.9 Å². The number of hydrogen-bond acceptors (Lipinski definition) is 8. The van der Waals surface area contributed by atoms with Crippen molar-refractivity contribution in [2.24, 2.45) is 0 Å². The number of rotatable bonds is 7. The van der Waals surface area contributed by atoms with Crippen molar-refractivity contribution in [2.45, 2.75) is 12.1 Å². The molecule has 34 heavy (non-hydrogen) atoms. The third kappa shape index (κ3) is 4.78. The van der Waals surface area contributed by atoms with Gasteiger partial charge in [-0.1, -0.05) is 18.7 Å². The van der Waals surface area contributed by atoms with Crippen LogP contribution in [0, 0.1) is 0 Å². The first kappa shape index (κ1) is 22.4. The van der Waals surface area contributed by atoms with Gasteiger partial charge in [0, 0.05) is 37.3 Å². The maximum absolute atomic E-state index is 12.5. The minimum atomic E-state index is 0.102. The molecule has 1 amide bonds. The van der Waals surface area contributed by atoms with Gasteiger partial charge < -0.3 is 23.9 Å². The molecule has 0 bridgehead atoms. The normalized spacial score (nSPS) is 14.6. The van der Waals surface area contributed by atoms with Crippen LogP contribution in [0.15, 0.2) is 52.1 Å². The summed E-state index contributed by atoms with van der Waals surface area (Å²) in [5.74, 6) is 2.38. The second kappa shape index (κ2) is 9.86. The van der Waals surface area contributed by atoms with Crippen LogP contribution in [-0.2, 0) is 4.79 Å². The number of imidazole rings is 1. The summed E-state index contributed by atoms with van der Waals surface area (Å²) in [6.07, 6.45) is 0. The number of H-pyrrole nitrogens is 1. The Hall–Kier alpha value is -3.37. The highest BCUT2D eigenvalue weighted by Crippen LogP contribution is 2.28. The number of carbonyl (C=O) groups is 1. The quantitative estimate of drug-likeness (QED) is 0.403. The van der Waals surface area contributed by atoms with Crippen molar-refractivity contribution < 1.29 is 13.9 Å². The summed E-state index contributed by atoms with van der Waals surface area (Å²) >= 11 is 1.28. The zero-order chi connectivity index (χ0) is 23.5. The zero-order valence-electron chi connectivity index (χ0n) is 19.2. The molecular weight excluding hydrogens is 452 g/mol. The van der Waals surface area contributed by atoms with Crippen LogP contribution in [0.3, 0.4) is 0 Å². The first-order chi connectivity index (χ1) is 16.6. The molecule has 1 saturated heterocycles. The first-order valence-corrected chi connectivity index (χ1v) is 12.2. The van der Waals surface area contributed by atoms with Gasteiger partial charge in [-0.25, -0.2) is 4.98 Å². The summed E-state index contributed by atoms with van der Waals surface area (Å²) in [4.78, 5) is 24.8. The Kier molecular flexibility index (Phi) is 6.50. The van der Waals surface area contributed by atoms with Crippen LogP contribution < -0.4 is 4.74 Å². The minimum absolute atomic E-state index is 0.102. The summed E-state index contributed by atoms with van der Waals surface area (Å²) < 4.78 is 11.0. The standard InChI is InChI=1S/C24H26N6O3S/c1-3-29-10-12-30(13-11-29)21(31)15-34-24-28-27-23(33-24)17-6-9-19-20(14-17)26-22(25-19)16-4-7-18(32-2)8-5-16/h4-9,14H,3,10-13,15H2,1-2H3,(H,25,26). The molecule has 176 valence electrons. The predicted molar refractivity (Wildman–Crippen MR) is 131 cm³/mol. The number of thioether (sulfide) groups is 1. The van der Waals surface area contributed by atoms with E-state index in [2.05, 4.69) is 32.0 Å². The van der Waals surface area contributed by atoms with Gasteiger partial charge in [-0.05, 0) is 49.0 Å². The Morgan fingerprint density at radius 3 is 2.59 bits per heavy atom. The van der Waals surface area contributed by atoms with Crippen LogP contribution >= 0.6 is 11.8 Å². The number of ether oxygens (including phenoxy) is 1. The molecule has 2 aromatic heterocycles. The molecule has 1 aliphatic rings. The number of fused-ring (bicyclic) bond motifs is 1. The first-order valence-electron chi connectivity index (χ1n) is 11.2. The van der Waals surface area contributed by atoms with Gasteiger partial charge in [-0.2, -0.15) is 0 Å². The zero-order valence-corrected chi connectivity index (χ0v) is 20.0. The van der Waals surface area contributed by atoms with E-state index >= 15 is 0 Å². The van der Waals surface area contributed by atoms with Crippen molar-refractivity contribution in [3.05, 3.63) is 42.5 Å². The number of benzene rings is 2. The SMILES string of the molecule is CCN1CCN(C(=O)CSc2nnc(-c3ccc4nc(-c5ccc(OC)cc5)[nH]c4c3)o2)CC1. The van der Waals surface area contributed by atoms with Gasteiger partial charge in [0.15, 0.2) is 0 Å². The summed E-state index contributed by atoms with van der Waals surface area (Å²) in [6, 6.07) is 13.5. The fourth-order valence-corrected chi connectivity index (χ4v) is 4.61. The van der Waals surface area contributed by atoms with E-state index in [9.17, 15) is 4.79 Å². The van der Waals surface area contributed by atoms with Gasteiger partial charge in [0.25, 0.3) is 5.22 Å². The fourth-order valence-electron chi connectivity index (χ4n) is 3.94. The number of likely N-dealkylation sites (N-methyl/N-ethyl adjacent to an activating group) is 1. The van der Waals surface area contributed by atoms with E-state index in [-0.39, 0.29) is 5.91 Å². The smallest absolute Gasteiger partial charge is 0.277 e. The van der Waals surface area contributed by atoms with Crippen LogP contribution in [-0.4, -0.2) is 81.5 Å². The van der Waals surface area contributed by atoms with E-state index < -0.39 is 0 Å². The van der Waals surface area contributed by atoms with Gasteiger partial charge >= 0.3 is 0 Å². The highest BCUT2D eigenvalue weighted by Gasteiger charge is 2.21. The number of nitrogens with zero attached hydrogens (tertiary/aromatic N) is 5. The third-order valence-electron chi connectivity index (χ3n) is 5.99. The Morgan fingerprint density at radius 1 is 1.09 bits per heavy atom. The van der Waals surface area contributed by atoms with E-state index in [0.717, 1.165) is 66.5 Å². The largest absolute Gasteiger partial charge is 0.497 e. The van der Waals surface area contributed by atoms with Crippen molar-refractivity contribution in [1.82, 2.24) is 30.0 Å². The lowest BCUT2D eigenvalue weighted by Crippen LogP contribution is -2.49. The molecule has 3 heterocycles. The monoisotopic (exact) mass is 478 g/mol. The molecule has 4 aromatic rings. The van der Waals surface area contributed by atoms with Crippen LogP contribution in [0.1, 0.15) is 6.92 Å². The predicted octanol–water partition coefficient (Wildman–Crippen LogP) is 3.54. The van der Waals surface area contributed by atoms with Gasteiger partial charge in [-0.15, -0.1) is 10.2 Å². The maximum Gasteiger partial charge on any atom is 0.277 e. The molecule has 5 rings (SSSR count). The highest BCUT2D eigenvalue weighted by molar-refractivity contribution is 7.99. The molecule has 10 heteroatoms. The summed E-state index contributed by atoms with van der Waals surface area (Å²) in [5.41, 5.74) is 3.48. The molecule has 2 aromatic carbocycles. The van der Waals surface area contributed by atoms with Crippen molar-refractivity contribution >= 4 is 28.7 Å². The lowest BCUT2D eigenvalue weighted by molar-refractivity contribution is -0.130. The van der Waals surface area contributed by atoms with E-state index in [1.807, 2.05) is 47.4 Å². The van der Waals surface area contributed by atoms with E-state index in [1.54, 1.807) is 7.11 Å².